The molecule has 0 heterocycles. The summed E-state index contributed by atoms with van der Waals surface area (Å²) in [6, 6.07) is 12.7. The SMILES string of the molecule is Cc1ccc(NC(=O)c2ccccc2C(C)(C)C)c(O)c1. The van der Waals surface area contributed by atoms with Gasteiger partial charge in [0.15, 0.2) is 0 Å². The van der Waals surface area contributed by atoms with Crippen molar-refractivity contribution in [2.75, 3.05) is 5.32 Å². The predicted molar refractivity (Wildman–Crippen MR) is 85.9 cm³/mol. The van der Waals surface area contributed by atoms with Crippen molar-refractivity contribution in [1.82, 2.24) is 0 Å². The number of hydrogen-bond donors (Lipinski definition) is 2. The first-order valence-electron chi connectivity index (χ1n) is 6.99. The Hall–Kier alpha value is -2.29. The van der Waals surface area contributed by atoms with Crippen LogP contribution in [0.25, 0.3) is 0 Å². The summed E-state index contributed by atoms with van der Waals surface area (Å²) in [6.07, 6.45) is 0. The van der Waals surface area contributed by atoms with Gasteiger partial charge in [0.2, 0.25) is 0 Å². The minimum atomic E-state index is -0.209. The predicted octanol–water partition coefficient (Wildman–Crippen LogP) is 4.25. The molecule has 2 N–H and O–H groups in total. The summed E-state index contributed by atoms with van der Waals surface area (Å²) in [7, 11) is 0. The van der Waals surface area contributed by atoms with Crippen LogP contribution in [-0.4, -0.2) is 11.0 Å². The lowest BCUT2D eigenvalue weighted by Gasteiger charge is -2.22. The summed E-state index contributed by atoms with van der Waals surface area (Å²) in [4.78, 5) is 12.5. The Morgan fingerprint density at radius 1 is 1.10 bits per heavy atom. The lowest BCUT2D eigenvalue weighted by atomic mass is 9.83. The summed E-state index contributed by atoms with van der Waals surface area (Å²) >= 11 is 0. The van der Waals surface area contributed by atoms with Gasteiger partial charge in [0.25, 0.3) is 5.91 Å². The number of carbonyl (C=O) groups is 1. The molecule has 2 aromatic carbocycles. The highest BCUT2D eigenvalue weighted by Gasteiger charge is 2.21. The van der Waals surface area contributed by atoms with Crippen molar-refractivity contribution in [3.63, 3.8) is 0 Å². The number of benzene rings is 2. The van der Waals surface area contributed by atoms with Gasteiger partial charge in [0.1, 0.15) is 5.75 Å². The van der Waals surface area contributed by atoms with E-state index in [2.05, 4.69) is 26.1 Å². The molecule has 0 saturated carbocycles. The van der Waals surface area contributed by atoms with E-state index in [-0.39, 0.29) is 17.1 Å². The second-order valence-corrected chi connectivity index (χ2v) is 6.27. The molecule has 0 spiro atoms. The highest BCUT2D eigenvalue weighted by Crippen LogP contribution is 2.28. The van der Waals surface area contributed by atoms with Crippen LogP contribution < -0.4 is 5.32 Å². The van der Waals surface area contributed by atoms with Gasteiger partial charge in [-0.1, -0.05) is 45.0 Å². The van der Waals surface area contributed by atoms with Crippen LogP contribution in [0.2, 0.25) is 0 Å². The number of carbonyl (C=O) groups excluding carboxylic acids is 1. The van der Waals surface area contributed by atoms with E-state index >= 15 is 0 Å². The monoisotopic (exact) mass is 283 g/mol. The van der Waals surface area contributed by atoms with Crippen LogP contribution in [0.5, 0.6) is 5.75 Å². The molecule has 0 fully saturated rings. The zero-order valence-corrected chi connectivity index (χ0v) is 12.9. The average molecular weight is 283 g/mol. The molecule has 0 unspecified atom stereocenters. The molecule has 0 aromatic heterocycles. The number of phenols is 1. The Morgan fingerprint density at radius 3 is 2.38 bits per heavy atom. The number of nitrogens with one attached hydrogen (secondary N) is 1. The molecule has 0 aliphatic heterocycles. The molecule has 0 aliphatic carbocycles. The van der Waals surface area contributed by atoms with Crippen LogP contribution in [-0.2, 0) is 5.41 Å². The Bertz CT molecular complexity index is 669. The minimum absolute atomic E-state index is 0.0802. The summed E-state index contributed by atoms with van der Waals surface area (Å²) in [5.41, 5.74) is 2.86. The molecule has 1 amide bonds. The summed E-state index contributed by atoms with van der Waals surface area (Å²) in [5.74, 6) is -0.128. The van der Waals surface area contributed by atoms with Gasteiger partial charge in [0, 0.05) is 5.56 Å². The van der Waals surface area contributed by atoms with E-state index in [0.29, 0.717) is 11.3 Å². The fourth-order valence-electron chi connectivity index (χ4n) is 2.27. The first kappa shape index (κ1) is 15.1. The third-order valence-corrected chi connectivity index (χ3v) is 3.38. The largest absolute Gasteiger partial charge is 0.506 e. The standard InChI is InChI=1S/C18H21NO2/c1-12-9-10-15(16(20)11-12)19-17(21)13-7-5-6-8-14(13)18(2,3)4/h5-11,20H,1-4H3,(H,19,21). The molecule has 0 saturated heterocycles. The Balaban J connectivity index is 2.33. The molecule has 2 rings (SSSR count). The van der Waals surface area contributed by atoms with Gasteiger partial charge in [-0.25, -0.2) is 0 Å². The van der Waals surface area contributed by atoms with Gasteiger partial charge in [-0.2, -0.15) is 0 Å². The normalized spacial score (nSPS) is 11.2. The Morgan fingerprint density at radius 2 is 1.76 bits per heavy atom. The highest BCUT2D eigenvalue weighted by molar-refractivity contribution is 6.06. The minimum Gasteiger partial charge on any atom is -0.506 e. The van der Waals surface area contributed by atoms with Crippen LogP contribution >= 0.6 is 0 Å². The van der Waals surface area contributed by atoms with Crippen molar-refractivity contribution < 1.29 is 9.90 Å². The third kappa shape index (κ3) is 3.43. The molecule has 0 radical (unpaired) electrons. The summed E-state index contributed by atoms with van der Waals surface area (Å²) < 4.78 is 0. The van der Waals surface area contributed by atoms with Crippen LogP contribution in [0, 0.1) is 6.92 Å². The zero-order chi connectivity index (χ0) is 15.6. The van der Waals surface area contributed by atoms with Crippen LogP contribution in [0.3, 0.4) is 0 Å². The van der Waals surface area contributed by atoms with E-state index in [0.717, 1.165) is 11.1 Å². The molecular formula is C18H21NO2. The first-order chi connectivity index (χ1) is 9.79. The van der Waals surface area contributed by atoms with Crippen molar-refractivity contribution >= 4 is 11.6 Å². The number of phenolic OH excluding ortho intramolecular Hbond substituents is 1. The van der Waals surface area contributed by atoms with E-state index < -0.39 is 0 Å². The number of aryl methyl sites for hydroxylation is 1. The number of hydrogen-bond acceptors (Lipinski definition) is 2. The van der Waals surface area contributed by atoms with Crippen molar-refractivity contribution in [2.24, 2.45) is 0 Å². The number of aromatic hydroxyl groups is 1. The lowest BCUT2D eigenvalue weighted by Crippen LogP contribution is -2.20. The van der Waals surface area contributed by atoms with Crippen LogP contribution in [0.1, 0.15) is 42.3 Å². The fourth-order valence-corrected chi connectivity index (χ4v) is 2.27. The van der Waals surface area contributed by atoms with Crippen LogP contribution in [0.15, 0.2) is 42.5 Å². The maximum absolute atomic E-state index is 12.5. The topological polar surface area (TPSA) is 49.3 Å². The molecule has 110 valence electrons. The second-order valence-electron chi connectivity index (χ2n) is 6.27. The molecule has 2 aromatic rings. The van der Waals surface area contributed by atoms with E-state index in [1.54, 1.807) is 18.2 Å². The second kappa shape index (κ2) is 5.60. The van der Waals surface area contributed by atoms with Crippen molar-refractivity contribution in [3.05, 3.63) is 59.2 Å². The smallest absolute Gasteiger partial charge is 0.256 e. The molecule has 0 atom stereocenters. The molecule has 3 heteroatoms. The fraction of sp³-hybridized carbons (Fsp3) is 0.278. The maximum atomic E-state index is 12.5. The van der Waals surface area contributed by atoms with E-state index in [1.807, 2.05) is 31.2 Å². The van der Waals surface area contributed by atoms with Crippen LogP contribution in [0.4, 0.5) is 5.69 Å². The quantitative estimate of drug-likeness (QED) is 0.809. The molecule has 0 bridgehead atoms. The maximum Gasteiger partial charge on any atom is 0.256 e. The van der Waals surface area contributed by atoms with Gasteiger partial charge in [-0.3, -0.25) is 4.79 Å². The molecule has 21 heavy (non-hydrogen) atoms. The van der Waals surface area contributed by atoms with Gasteiger partial charge in [-0.05, 0) is 41.7 Å². The molecule has 3 nitrogen and oxygen atoms in total. The molecule has 0 aliphatic rings. The highest BCUT2D eigenvalue weighted by atomic mass is 16.3. The number of anilines is 1. The summed E-state index contributed by atoms with van der Waals surface area (Å²) in [5, 5.41) is 12.7. The van der Waals surface area contributed by atoms with Crippen molar-refractivity contribution in [2.45, 2.75) is 33.1 Å². The average Bonchev–Trinajstić information content (AvgIpc) is 2.41. The van der Waals surface area contributed by atoms with Crippen molar-refractivity contribution in [1.29, 1.82) is 0 Å². The number of rotatable bonds is 2. The van der Waals surface area contributed by atoms with E-state index in [1.165, 1.54) is 0 Å². The van der Waals surface area contributed by atoms with Gasteiger partial charge >= 0.3 is 0 Å². The van der Waals surface area contributed by atoms with Gasteiger partial charge in [-0.15, -0.1) is 0 Å². The van der Waals surface area contributed by atoms with Gasteiger partial charge < -0.3 is 10.4 Å². The first-order valence-corrected chi connectivity index (χ1v) is 6.99. The number of amides is 1. The van der Waals surface area contributed by atoms with Crippen molar-refractivity contribution in [3.8, 4) is 5.75 Å². The van der Waals surface area contributed by atoms with Gasteiger partial charge in [0.05, 0.1) is 5.69 Å². The molecular weight excluding hydrogens is 262 g/mol. The van der Waals surface area contributed by atoms with E-state index in [4.69, 9.17) is 0 Å². The Kier molecular flexibility index (Phi) is 4.03. The zero-order valence-electron chi connectivity index (χ0n) is 12.9. The third-order valence-electron chi connectivity index (χ3n) is 3.38. The lowest BCUT2D eigenvalue weighted by molar-refractivity contribution is 0.102. The summed E-state index contributed by atoms with van der Waals surface area (Å²) in [6.45, 7) is 8.10. The Labute approximate surface area is 125 Å². The van der Waals surface area contributed by atoms with E-state index in [9.17, 15) is 9.90 Å².